The number of halogens is 2. The minimum atomic E-state index is -0.572. The average Bonchev–Trinajstić information content (AvgIpc) is 3.06. The number of carbonyl (C=O) groups is 2. The molecule has 1 aromatic heterocycles. The number of rotatable bonds is 5. The molecule has 7 nitrogen and oxygen atoms in total. The Balaban J connectivity index is 1.53. The molecule has 0 aliphatic carbocycles. The quantitative estimate of drug-likeness (QED) is 0.699. The highest BCUT2D eigenvalue weighted by Gasteiger charge is 2.27. The lowest BCUT2D eigenvalue weighted by Gasteiger charge is -2.28. The molecule has 0 spiro atoms. The molecular weight excluding hydrogens is 394 g/mol. The zero-order valence-electron chi connectivity index (χ0n) is 16.1. The highest BCUT2D eigenvalue weighted by Crippen LogP contribution is 2.31. The fraction of sp³-hybridized carbons (Fsp3) is 0.190. The van der Waals surface area contributed by atoms with Gasteiger partial charge in [0.2, 0.25) is 5.91 Å². The number of aryl methyl sites for hydroxylation is 1. The van der Waals surface area contributed by atoms with E-state index in [1.807, 2.05) is 0 Å². The number of nitrogens with one attached hydrogen (secondary N) is 1. The molecule has 3 aromatic rings. The van der Waals surface area contributed by atoms with Gasteiger partial charge in [-0.25, -0.2) is 13.5 Å². The van der Waals surface area contributed by atoms with Gasteiger partial charge in [-0.1, -0.05) is 12.1 Å². The van der Waals surface area contributed by atoms with Crippen LogP contribution in [0.15, 0.2) is 48.7 Å². The Morgan fingerprint density at radius 3 is 2.87 bits per heavy atom. The molecular formula is C21H18F2N4O3. The number of para-hydroxylation sites is 2. The van der Waals surface area contributed by atoms with Gasteiger partial charge in [0, 0.05) is 11.1 Å². The van der Waals surface area contributed by atoms with Gasteiger partial charge in [-0.05, 0) is 37.3 Å². The summed E-state index contributed by atoms with van der Waals surface area (Å²) in [5, 5.41) is 6.87. The van der Waals surface area contributed by atoms with Crippen LogP contribution in [0.4, 0.5) is 20.3 Å². The van der Waals surface area contributed by atoms with E-state index in [1.54, 1.807) is 31.2 Å². The van der Waals surface area contributed by atoms with Gasteiger partial charge in [-0.2, -0.15) is 5.10 Å². The van der Waals surface area contributed by atoms with Gasteiger partial charge >= 0.3 is 0 Å². The maximum absolute atomic E-state index is 14.0. The van der Waals surface area contributed by atoms with Crippen molar-refractivity contribution in [3.05, 3.63) is 71.4 Å². The van der Waals surface area contributed by atoms with Crippen molar-refractivity contribution in [2.75, 3.05) is 23.4 Å². The minimum Gasteiger partial charge on any atom is -0.482 e. The summed E-state index contributed by atoms with van der Waals surface area (Å²) in [6, 6.07) is 10.1. The first-order valence-electron chi connectivity index (χ1n) is 9.21. The molecule has 9 heteroatoms. The Kier molecular flexibility index (Phi) is 5.18. The number of nitrogens with zero attached hydrogens (tertiary/aromatic N) is 3. The van der Waals surface area contributed by atoms with E-state index in [9.17, 15) is 18.4 Å². The largest absolute Gasteiger partial charge is 0.482 e. The van der Waals surface area contributed by atoms with Crippen molar-refractivity contribution in [2.24, 2.45) is 0 Å². The van der Waals surface area contributed by atoms with Gasteiger partial charge in [0.25, 0.3) is 5.91 Å². The van der Waals surface area contributed by atoms with Crippen molar-refractivity contribution in [2.45, 2.75) is 13.5 Å². The summed E-state index contributed by atoms with van der Waals surface area (Å²) in [4.78, 5) is 26.3. The third-order valence-electron chi connectivity index (χ3n) is 4.72. The molecule has 2 amide bonds. The van der Waals surface area contributed by atoms with Crippen LogP contribution in [0.1, 0.15) is 11.1 Å². The lowest BCUT2D eigenvalue weighted by atomic mass is 10.2. The lowest BCUT2D eigenvalue weighted by Crippen LogP contribution is -2.43. The second-order valence-electron chi connectivity index (χ2n) is 6.85. The minimum absolute atomic E-state index is 0.0631. The zero-order chi connectivity index (χ0) is 21.3. The average molecular weight is 412 g/mol. The van der Waals surface area contributed by atoms with Crippen LogP contribution in [0.2, 0.25) is 0 Å². The maximum atomic E-state index is 14.0. The monoisotopic (exact) mass is 412 g/mol. The molecule has 2 heterocycles. The number of fused-ring (bicyclic) bond motifs is 1. The molecule has 154 valence electrons. The Hall–Kier alpha value is -3.75. The first-order chi connectivity index (χ1) is 14.4. The van der Waals surface area contributed by atoms with Gasteiger partial charge in [0.05, 0.1) is 18.4 Å². The number of anilines is 2. The van der Waals surface area contributed by atoms with E-state index in [0.717, 1.165) is 18.2 Å². The normalized spacial score (nSPS) is 13.0. The molecule has 1 aliphatic rings. The van der Waals surface area contributed by atoms with Crippen molar-refractivity contribution >= 4 is 23.3 Å². The summed E-state index contributed by atoms with van der Waals surface area (Å²) >= 11 is 0. The fourth-order valence-electron chi connectivity index (χ4n) is 3.23. The summed E-state index contributed by atoms with van der Waals surface area (Å²) in [5.41, 5.74) is 1.26. The third-order valence-corrected chi connectivity index (χ3v) is 4.72. The first kappa shape index (κ1) is 19.6. The molecule has 0 bridgehead atoms. The molecule has 4 rings (SSSR count). The number of hydrogen-bond acceptors (Lipinski definition) is 4. The van der Waals surface area contributed by atoms with Crippen molar-refractivity contribution in [3.8, 4) is 5.75 Å². The van der Waals surface area contributed by atoms with Gasteiger partial charge in [0.15, 0.2) is 6.61 Å². The molecule has 1 N–H and O–H groups in total. The first-order valence-corrected chi connectivity index (χ1v) is 9.21. The topological polar surface area (TPSA) is 76.5 Å². The van der Waals surface area contributed by atoms with Gasteiger partial charge in [-0.15, -0.1) is 0 Å². The van der Waals surface area contributed by atoms with Crippen LogP contribution in [0, 0.1) is 18.6 Å². The Morgan fingerprint density at radius 2 is 2.03 bits per heavy atom. The lowest BCUT2D eigenvalue weighted by molar-refractivity contribution is -0.123. The maximum Gasteiger partial charge on any atom is 0.265 e. The van der Waals surface area contributed by atoms with Crippen LogP contribution < -0.4 is 15.0 Å². The molecule has 0 saturated heterocycles. The van der Waals surface area contributed by atoms with Crippen LogP contribution in [0.5, 0.6) is 5.75 Å². The van der Waals surface area contributed by atoms with Gasteiger partial charge in [-0.3, -0.25) is 14.5 Å². The predicted molar refractivity (Wildman–Crippen MR) is 105 cm³/mol. The summed E-state index contributed by atoms with van der Waals surface area (Å²) in [6.07, 6.45) is 1.52. The van der Waals surface area contributed by atoms with Crippen molar-refractivity contribution < 1.29 is 23.1 Å². The van der Waals surface area contributed by atoms with E-state index in [2.05, 4.69) is 10.4 Å². The Bertz CT molecular complexity index is 1130. The SMILES string of the molecule is Cc1cnn(Cc2cc(F)ccc2F)c1NC(=O)CN1C(=O)COc2ccccc21. The zero-order valence-corrected chi connectivity index (χ0v) is 16.1. The van der Waals surface area contributed by atoms with Crippen LogP contribution in [0.25, 0.3) is 0 Å². The molecule has 0 radical (unpaired) electrons. The van der Waals surface area contributed by atoms with Crippen molar-refractivity contribution in [1.82, 2.24) is 9.78 Å². The fourth-order valence-corrected chi connectivity index (χ4v) is 3.23. The molecule has 0 unspecified atom stereocenters. The second-order valence-corrected chi connectivity index (χ2v) is 6.85. The summed E-state index contributed by atoms with van der Waals surface area (Å²) in [7, 11) is 0. The van der Waals surface area contributed by atoms with E-state index in [4.69, 9.17) is 4.74 Å². The number of carbonyl (C=O) groups excluding carboxylic acids is 2. The van der Waals surface area contributed by atoms with Crippen LogP contribution in [-0.2, 0) is 16.1 Å². The number of hydrogen-bond donors (Lipinski definition) is 1. The van der Waals surface area contributed by atoms with E-state index < -0.39 is 17.5 Å². The number of amides is 2. The van der Waals surface area contributed by atoms with E-state index in [-0.39, 0.29) is 31.2 Å². The molecule has 0 saturated carbocycles. The smallest absolute Gasteiger partial charge is 0.265 e. The van der Waals surface area contributed by atoms with Crippen LogP contribution >= 0.6 is 0 Å². The predicted octanol–water partition coefficient (Wildman–Crippen LogP) is 2.88. The summed E-state index contributed by atoms with van der Waals surface area (Å²) < 4.78 is 34.2. The van der Waals surface area contributed by atoms with Crippen LogP contribution in [0.3, 0.4) is 0 Å². The van der Waals surface area contributed by atoms with Crippen molar-refractivity contribution in [3.63, 3.8) is 0 Å². The van der Waals surface area contributed by atoms with Gasteiger partial charge in [0.1, 0.15) is 29.7 Å². The highest BCUT2D eigenvalue weighted by atomic mass is 19.1. The number of aromatic nitrogens is 2. The number of ether oxygens (including phenoxy) is 1. The van der Waals surface area contributed by atoms with Crippen molar-refractivity contribution in [1.29, 1.82) is 0 Å². The summed E-state index contributed by atoms with van der Waals surface area (Å²) in [5.74, 6) is -1.06. The standard InChI is InChI=1S/C21H18F2N4O3/c1-13-9-24-27(10-14-8-15(22)6-7-16(14)23)21(13)25-19(28)11-26-17-4-2-3-5-18(17)30-12-20(26)29/h2-9H,10-12H2,1H3,(H,25,28). The highest BCUT2D eigenvalue weighted by molar-refractivity contribution is 6.04. The number of benzene rings is 2. The Morgan fingerprint density at radius 1 is 1.23 bits per heavy atom. The van der Waals surface area contributed by atoms with Gasteiger partial charge < -0.3 is 10.1 Å². The second kappa shape index (κ2) is 7.94. The molecule has 0 atom stereocenters. The molecule has 0 fully saturated rings. The summed E-state index contributed by atoms with van der Waals surface area (Å²) in [6.45, 7) is 1.29. The Labute approximate surface area is 170 Å². The van der Waals surface area contributed by atoms with Crippen LogP contribution in [-0.4, -0.2) is 34.7 Å². The van der Waals surface area contributed by atoms with E-state index >= 15 is 0 Å². The van der Waals surface area contributed by atoms with E-state index in [0.29, 0.717) is 22.8 Å². The third kappa shape index (κ3) is 3.86. The van der Waals surface area contributed by atoms with E-state index in [1.165, 1.54) is 15.8 Å². The molecule has 2 aromatic carbocycles. The molecule has 1 aliphatic heterocycles. The molecule has 30 heavy (non-hydrogen) atoms.